The number of hydrogen-bond donors (Lipinski definition) is 2. The summed E-state index contributed by atoms with van der Waals surface area (Å²) in [7, 11) is 0. The van der Waals surface area contributed by atoms with E-state index in [0.717, 1.165) is 18.9 Å². The van der Waals surface area contributed by atoms with Crippen molar-refractivity contribution in [2.75, 3.05) is 36.6 Å². The molecule has 7 nitrogen and oxygen atoms in total. The summed E-state index contributed by atoms with van der Waals surface area (Å²) in [5.41, 5.74) is 3.53. The van der Waals surface area contributed by atoms with E-state index in [1.165, 1.54) is 0 Å². The third-order valence-electron chi connectivity index (χ3n) is 3.48. The molecule has 1 aliphatic rings. The van der Waals surface area contributed by atoms with Gasteiger partial charge < -0.3 is 14.7 Å². The molecule has 1 aromatic heterocycles. The van der Waals surface area contributed by atoms with E-state index in [0.29, 0.717) is 30.4 Å². The smallest absolute Gasteiger partial charge is 0.152 e. The molecule has 2 N–H and O–H groups in total. The van der Waals surface area contributed by atoms with Gasteiger partial charge in [-0.3, -0.25) is 5.43 Å². The van der Waals surface area contributed by atoms with Gasteiger partial charge >= 0.3 is 0 Å². The molecule has 2 aromatic rings. The van der Waals surface area contributed by atoms with Gasteiger partial charge in [-0.05, 0) is 19.1 Å². The minimum atomic E-state index is 0.186. The minimum absolute atomic E-state index is 0.186. The van der Waals surface area contributed by atoms with Gasteiger partial charge in [0.15, 0.2) is 5.82 Å². The zero-order valence-corrected chi connectivity index (χ0v) is 12.9. The lowest BCUT2D eigenvalue weighted by atomic mass is 10.2. The normalized spacial score (nSPS) is 15.1. The number of nitrogens with zero attached hydrogens (tertiary/aromatic N) is 4. The molecule has 3 rings (SSSR count). The fraction of sp³-hybridized carbons (Fsp3) is 0.312. The highest BCUT2D eigenvalue weighted by atomic mass is 16.5. The molecule has 0 amide bonds. The maximum atomic E-state index is 9.70. The summed E-state index contributed by atoms with van der Waals surface area (Å²) in [6.07, 6.45) is 1.56. The van der Waals surface area contributed by atoms with E-state index in [2.05, 4.69) is 25.4 Å². The number of aromatic nitrogens is 2. The minimum Gasteiger partial charge on any atom is -0.507 e. The molecule has 0 saturated carbocycles. The van der Waals surface area contributed by atoms with Gasteiger partial charge in [0.1, 0.15) is 17.4 Å². The number of nitrogens with one attached hydrogen (secondary N) is 1. The summed E-state index contributed by atoms with van der Waals surface area (Å²) in [6.45, 7) is 4.89. The fourth-order valence-corrected chi connectivity index (χ4v) is 2.33. The number of anilines is 2. The summed E-state index contributed by atoms with van der Waals surface area (Å²) in [4.78, 5) is 11.0. The van der Waals surface area contributed by atoms with Crippen LogP contribution in [0.5, 0.6) is 5.75 Å². The van der Waals surface area contributed by atoms with Crippen molar-refractivity contribution in [3.63, 3.8) is 0 Å². The van der Waals surface area contributed by atoms with E-state index in [9.17, 15) is 5.11 Å². The number of rotatable bonds is 4. The Bertz CT molecular complexity index is 699. The molecule has 0 radical (unpaired) electrons. The van der Waals surface area contributed by atoms with E-state index in [4.69, 9.17) is 4.74 Å². The van der Waals surface area contributed by atoms with Crippen LogP contribution >= 0.6 is 0 Å². The Morgan fingerprint density at radius 3 is 2.83 bits per heavy atom. The largest absolute Gasteiger partial charge is 0.507 e. The van der Waals surface area contributed by atoms with E-state index in [1.807, 2.05) is 19.1 Å². The van der Waals surface area contributed by atoms with Crippen LogP contribution in [0.3, 0.4) is 0 Å². The number of ether oxygens (including phenoxy) is 1. The summed E-state index contributed by atoms with van der Waals surface area (Å²) in [6, 6.07) is 8.87. The van der Waals surface area contributed by atoms with Gasteiger partial charge in [-0.1, -0.05) is 12.1 Å². The zero-order chi connectivity index (χ0) is 16.1. The van der Waals surface area contributed by atoms with E-state index in [1.54, 1.807) is 24.4 Å². The predicted molar refractivity (Wildman–Crippen MR) is 89.1 cm³/mol. The Balaban J connectivity index is 1.72. The molecular formula is C16H19N5O2. The van der Waals surface area contributed by atoms with Gasteiger partial charge in [-0.25, -0.2) is 9.97 Å². The Morgan fingerprint density at radius 1 is 1.26 bits per heavy atom. The number of phenolic OH excluding ortho intramolecular Hbond substituents is 1. The van der Waals surface area contributed by atoms with Crippen molar-refractivity contribution in [2.45, 2.75) is 6.92 Å². The summed E-state index contributed by atoms with van der Waals surface area (Å²) in [5, 5.41) is 13.8. The lowest BCUT2D eigenvalue weighted by Gasteiger charge is -2.28. The van der Waals surface area contributed by atoms with Crippen molar-refractivity contribution < 1.29 is 9.84 Å². The van der Waals surface area contributed by atoms with Gasteiger partial charge in [0.2, 0.25) is 0 Å². The molecule has 120 valence electrons. The molecule has 1 saturated heterocycles. The Kier molecular flexibility index (Phi) is 4.68. The highest BCUT2D eigenvalue weighted by Gasteiger charge is 2.13. The molecule has 7 heteroatoms. The number of aromatic hydroxyl groups is 1. The Hall–Kier alpha value is -2.67. The molecular weight excluding hydrogens is 294 g/mol. The van der Waals surface area contributed by atoms with Gasteiger partial charge in [0, 0.05) is 24.7 Å². The first-order valence-corrected chi connectivity index (χ1v) is 7.48. The average molecular weight is 313 g/mol. The highest BCUT2D eigenvalue weighted by molar-refractivity contribution is 5.83. The van der Waals surface area contributed by atoms with Crippen LogP contribution in [0.15, 0.2) is 35.4 Å². The predicted octanol–water partition coefficient (Wildman–Crippen LogP) is 1.77. The number of benzene rings is 1. The number of hydrogen-bond acceptors (Lipinski definition) is 7. The SMILES string of the molecule is Cc1nc(NN=Cc2ccccc2O)cc(N2CCOCC2)n1. The van der Waals surface area contributed by atoms with Crippen LogP contribution < -0.4 is 10.3 Å². The van der Waals surface area contributed by atoms with Crippen LogP contribution in [0.2, 0.25) is 0 Å². The fourth-order valence-electron chi connectivity index (χ4n) is 2.33. The lowest BCUT2D eigenvalue weighted by molar-refractivity contribution is 0.122. The monoisotopic (exact) mass is 313 g/mol. The van der Waals surface area contributed by atoms with E-state index >= 15 is 0 Å². The van der Waals surface area contributed by atoms with Crippen molar-refractivity contribution in [1.29, 1.82) is 0 Å². The van der Waals surface area contributed by atoms with Crippen molar-refractivity contribution in [3.8, 4) is 5.75 Å². The molecule has 0 unspecified atom stereocenters. The maximum absolute atomic E-state index is 9.70. The van der Waals surface area contributed by atoms with Crippen LogP contribution in [-0.2, 0) is 4.74 Å². The molecule has 0 spiro atoms. The van der Waals surface area contributed by atoms with Crippen molar-refractivity contribution in [3.05, 3.63) is 41.7 Å². The second-order valence-corrected chi connectivity index (χ2v) is 5.19. The van der Waals surface area contributed by atoms with Crippen LogP contribution in [-0.4, -0.2) is 47.6 Å². The first-order valence-electron chi connectivity index (χ1n) is 7.48. The van der Waals surface area contributed by atoms with Crippen LogP contribution in [0.1, 0.15) is 11.4 Å². The maximum Gasteiger partial charge on any atom is 0.152 e. The second-order valence-electron chi connectivity index (χ2n) is 5.19. The lowest BCUT2D eigenvalue weighted by Crippen LogP contribution is -2.36. The molecule has 1 fully saturated rings. The van der Waals surface area contributed by atoms with Gasteiger partial charge in [0.05, 0.1) is 19.4 Å². The zero-order valence-electron chi connectivity index (χ0n) is 12.9. The average Bonchev–Trinajstić information content (AvgIpc) is 2.57. The van der Waals surface area contributed by atoms with Crippen LogP contribution in [0.4, 0.5) is 11.6 Å². The summed E-state index contributed by atoms with van der Waals surface area (Å²) < 4.78 is 5.36. The van der Waals surface area contributed by atoms with E-state index < -0.39 is 0 Å². The molecule has 0 aliphatic carbocycles. The number of aryl methyl sites for hydroxylation is 1. The van der Waals surface area contributed by atoms with Gasteiger partial charge in [-0.2, -0.15) is 5.10 Å². The molecule has 1 aromatic carbocycles. The second kappa shape index (κ2) is 7.06. The van der Waals surface area contributed by atoms with Gasteiger partial charge in [0.25, 0.3) is 0 Å². The van der Waals surface area contributed by atoms with Crippen molar-refractivity contribution >= 4 is 17.9 Å². The van der Waals surface area contributed by atoms with Crippen molar-refractivity contribution in [1.82, 2.24) is 9.97 Å². The van der Waals surface area contributed by atoms with Crippen LogP contribution in [0.25, 0.3) is 0 Å². The topological polar surface area (TPSA) is 82.9 Å². The standard InChI is InChI=1S/C16H19N5O2/c1-12-18-15(10-16(19-12)21-6-8-23-9-7-21)20-17-11-13-4-2-3-5-14(13)22/h2-5,10-11,22H,6-9H2,1H3,(H,18,19,20). The number of hydrazone groups is 1. The number of morpholine rings is 1. The molecule has 1 aliphatic heterocycles. The molecule has 0 atom stereocenters. The molecule has 0 bridgehead atoms. The molecule has 23 heavy (non-hydrogen) atoms. The third-order valence-corrected chi connectivity index (χ3v) is 3.48. The number of para-hydroxylation sites is 1. The third kappa shape index (κ3) is 3.95. The summed E-state index contributed by atoms with van der Waals surface area (Å²) >= 11 is 0. The van der Waals surface area contributed by atoms with Crippen molar-refractivity contribution in [2.24, 2.45) is 5.10 Å². The Labute approximate surface area is 134 Å². The summed E-state index contributed by atoms with van der Waals surface area (Å²) in [5.74, 6) is 2.34. The Morgan fingerprint density at radius 2 is 2.04 bits per heavy atom. The quantitative estimate of drug-likeness (QED) is 0.661. The molecule has 2 heterocycles. The first kappa shape index (κ1) is 15.2. The van der Waals surface area contributed by atoms with Gasteiger partial charge in [-0.15, -0.1) is 0 Å². The first-order chi connectivity index (χ1) is 11.2. The number of phenols is 1. The van der Waals surface area contributed by atoms with E-state index in [-0.39, 0.29) is 5.75 Å². The van der Waals surface area contributed by atoms with Crippen LogP contribution in [0, 0.1) is 6.92 Å². The highest BCUT2D eigenvalue weighted by Crippen LogP contribution is 2.17.